The Balaban J connectivity index is 1.85. The van der Waals surface area contributed by atoms with E-state index in [4.69, 9.17) is 5.73 Å². The van der Waals surface area contributed by atoms with Crippen molar-refractivity contribution in [1.29, 1.82) is 0 Å². The first-order valence-electron chi connectivity index (χ1n) is 10.1. The second kappa shape index (κ2) is 8.80. The number of hydrogen-bond donors (Lipinski definition) is 2. The van der Waals surface area contributed by atoms with Gasteiger partial charge in [0.15, 0.2) is 5.65 Å². The molecule has 0 fully saturated rings. The number of nitro benzene ring substituents is 1. The maximum Gasteiger partial charge on any atom is 0.270 e. The summed E-state index contributed by atoms with van der Waals surface area (Å²) in [5, 5.41) is 18.3. The lowest BCUT2D eigenvalue weighted by molar-refractivity contribution is -0.384. The van der Waals surface area contributed by atoms with Crippen LogP contribution in [0.15, 0.2) is 53.6 Å². The summed E-state index contributed by atoms with van der Waals surface area (Å²) in [5.74, 6) is -0.263. The largest absolute Gasteiger partial charge is 0.383 e. The highest BCUT2D eigenvalue weighted by Gasteiger charge is 2.23. The summed E-state index contributed by atoms with van der Waals surface area (Å²) < 4.78 is 1.34. The maximum atomic E-state index is 12.9. The molecule has 2 heterocycles. The number of amides is 1. The number of nitrogens with one attached hydrogen (secondary N) is 1. The number of nitrogens with zero attached hydrogens (tertiary/aromatic N) is 5. The summed E-state index contributed by atoms with van der Waals surface area (Å²) in [5.41, 5.74) is 8.89. The minimum Gasteiger partial charge on any atom is -0.383 e. The van der Waals surface area contributed by atoms with E-state index >= 15 is 0 Å². The van der Waals surface area contributed by atoms with Crippen molar-refractivity contribution < 1.29 is 9.72 Å². The van der Waals surface area contributed by atoms with Crippen molar-refractivity contribution in [3.8, 4) is 0 Å². The molecule has 0 atom stereocenters. The molecule has 10 nitrogen and oxygen atoms in total. The first kappa shape index (κ1) is 20.9. The van der Waals surface area contributed by atoms with Gasteiger partial charge in [0.1, 0.15) is 16.9 Å². The Kier molecular flexibility index (Phi) is 5.75. The number of nitrogen functional groups attached to an aromatic ring is 1. The number of hydrogen-bond acceptors (Lipinski definition) is 7. The monoisotopic (exact) mass is 431 g/mol. The zero-order chi connectivity index (χ0) is 22.7. The fraction of sp³-hybridized carbons (Fsp3) is 0.182. The topological polar surface area (TPSA) is 141 Å². The lowest BCUT2D eigenvalue weighted by atomic mass is 10.2. The van der Waals surface area contributed by atoms with Gasteiger partial charge in [-0.1, -0.05) is 37.6 Å². The predicted octanol–water partition coefficient (Wildman–Crippen LogP) is 3.49. The molecule has 0 unspecified atom stereocenters. The van der Waals surface area contributed by atoms with Gasteiger partial charge < -0.3 is 11.1 Å². The number of fused-ring (bicyclic) bond motifs is 2. The number of carbonyl (C=O) groups excluding carboxylic acids is 1. The van der Waals surface area contributed by atoms with Crippen LogP contribution in [0.4, 0.5) is 11.5 Å². The Morgan fingerprint density at radius 3 is 2.69 bits per heavy atom. The van der Waals surface area contributed by atoms with Crippen LogP contribution in [-0.4, -0.2) is 38.2 Å². The van der Waals surface area contributed by atoms with Crippen molar-refractivity contribution in [3.63, 3.8) is 0 Å². The van der Waals surface area contributed by atoms with Gasteiger partial charge in [0.2, 0.25) is 0 Å². The van der Waals surface area contributed by atoms with Crippen molar-refractivity contribution in [3.05, 3.63) is 69.8 Å². The first-order chi connectivity index (χ1) is 15.5. The zero-order valence-electron chi connectivity index (χ0n) is 17.4. The maximum absolute atomic E-state index is 12.9. The lowest BCUT2D eigenvalue weighted by Crippen LogP contribution is -2.25. The number of anilines is 1. The van der Waals surface area contributed by atoms with Gasteiger partial charge in [-0.3, -0.25) is 14.9 Å². The van der Waals surface area contributed by atoms with Gasteiger partial charge in [-0.25, -0.2) is 9.97 Å². The van der Waals surface area contributed by atoms with E-state index < -0.39 is 4.92 Å². The molecule has 2 aromatic heterocycles. The number of para-hydroxylation sites is 2. The highest BCUT2D eigenvalue weighted by molar-refractivity contribution is 6.10. The predicted molar refractivity (Wildman–Crippen MR) is 123 cm³/mol. The number of unbranched alkanes of at least 4 members (excludes halogenated alkanes) is 1. The summed E-state index contributed by atoms with van der Waals surface area (Å²) in [4.78, 5) is 32.7. The number of carbonyl (C=O) groups is 1. The van der Waals surface area contributed by atoms with Crippen LogP contribution in [0.1, 0.15) is 35.7 Å². The number of aromatic nitrogens is 3. The molecule has 0 aliphatic heterocycles. The Morgan fingerprint density at radius 2 is 1.97 bits per heavy atom. The van der Waals surface area contributed by atoms with E-state index in [1.807, 2.05) is 19.1 Å². The standard InChI is InChI=1S/C22H21N7O3/c1-2-3-11-24-22(30)18-19-21(27-17-10-5-4-9-16(17)26-19)28(20(18)23)25-13-14-7-6-8-15(12-14)29(31)32/h4-10,12-13H,2-3,11,23H2,1H3,(H,24,30)/b25-13-. The van der Waals surface area contributed by atoms with Gasteiger partial charge >= 0.3 is 0 Å². The average Bonchev–Trinajstić information content (AvgIpc) is 3.06. The third-order valence-electron chi connectivity index (χ3n) is 4.92. The van der Waals surface area contributed by atoms with E-state index in [-0.39, 0.29) is 23.0 Å². The zero-order valence-corrected chi connectivity index (χ0v) is 17.4. The van der Waals surface area contributed by atoms with Crippen LogP contribution in [0.25, 0.3) is 22.2 Å². The second-order valence-corrected chi connectivity index (χ2v) is 7.16. The van der Waals surface area contributed by atoms with Gasteiger partial charge in [-0.2, -0.15) is 9.78 Å². The van der Waals surface area contributed by atoms with Gasteiger partial charge in [0.05, 0.1) is 22.2 Å². The molecule has 32 heavy (non-hydrogen) atoms. The van der Waals surface area contributed by atoms with E-state index in [0.29, 0.717) is 34.3 Å². The molecule has 0 radical (unpaired) electrons. The van der Waals surface area contributed by atoms with E-state index in [1.54, 1.807) is 24.3 Å². The molecule has 4 aromatic rings. The van der Waals surface area contributed by atoms with Gasteiger partial charge in [-0.05, 0) is 18.6 Å². The molecule has 0 aliphatic rings. The van der Waals surface area contributed by atoms with Crippen molar-refractivity contribution >= 4 is 45.8 Å². The summed E-state index contributed by atoms with van der Waals surface area (Å²) in [7, 11) is 0. The molecule has 10 heteroatoms. The number of benzene rings is 2. The summed E-state index contributed by atoms with van der Waals surface area (Å²) in [6.45, 7) is 2.55. The van der Waals surface area contributed by atoms with Crippen molar-refractivity contribution in [1.82, 2.24) is 20.0 Å². The number of nitrogens with two attached hydrogens (primary N) is 1. The van der Waals surface area contributed by atoms with Crippen LogP contribution in [0.5, 0.6) is 0 Å². The smallest absolute Gasteiger partial charge is 0.270 e. The van der Waals surface area contributed by atoms with Crippen molar-refractivity contribution in [2.45, 2.75) is 19.8 Å². The number of non-ortho nitro benzene ring substituents is 1. The van der Waals surface area contributed by atoms with Crippen LogP contribution in [0, 0.1) is 10.1 Å². The summed E-state index contributed by atoms with van der Waals surface area (Å²) in [6, 6.07) is 13.3. The van der Waals surface area contributed by atoms with E-state index in [2.05, 4.69) is 20.4 Å². The number of rotatable bonds is 7. The molecule has 0 spiro atoms. The Labute approximate surface area is 182 Å². The third kappa shape index (κ3) is 3.97. The lowest BCUT2D eigenvalue weighted by Gasteiger charge is -2.04. The molecule has 0 saturated heterocycles. The van der Waals surface area contributed by atoms with E-state index in [9.17, 15) is 14.9 Å². The van der Waals surface area contributed by atoms with Crippen LogP contribution in [0.2, 0.25) is 0 Å². The quantitative estimate of drug-likeness (QED) is 0.199. The van der Waals surface area contributed by atoms with Crippen LogP contribution < -0.4 is 11.1 Å². The van der Waals surface area contributed by atoms with Gasteiger partial charge in [-0.15, -0.1) is 0 Å². The molecule has 162 valence electrons. The van der Waals surface area contributed by atoms with E-state index in [0.717, 1.165) is 12.8 Å². The number of nitro groups is 1. The summed E-state index contributed by atoms with van der Waals surface area (Å²) in [6.07, 6.45) is 3.21. The molecule has 0 bridgehead atoms. The normalized spacial score (nSPS) is 11.4. The average molecular weight is 431 g/mol. The van der Waals surface area contributed by atoms with Crippen molar-refractivity contribution in [2.75, 3.05) is 12.3 Å². The highest BCUT2D eigenvalue weighted by Crippen LogP contribution is 2.28. The molecule has 0 aliphatic carbocycles. The molecule has 2 aromatic carbocycles. The van der Waals surface area contributed by atoms with Crippen LogP contribution >= 0.6 is 0 Å². The molecular formula is C22H21N7O3. The molecular weight excluding hydrogens is 410 g/mol. The van der Waals surface area contributed by atoms with Crippen molar-refractivity contribution in [2.24, 2.45) is 5.10 Å². The molecule has 0 saturated carbocycles. The first-order valence-corrected chi connectivity index (χ1v) is 10.1. The van der Waals surface area contributed by atoms with Gasteiger partial charge in [0, 0.05) is 24.2 Å². The molecule has 4 rings (SSSR count). The minimum absolute atomic E-state index is 0.0546. The summed E-state index contributed by atoms with van der Waals surface area (Å²) >= 11 is 0. The van der Waals surface area contributed by atoms with Crippen LogP contribution in [0.3, 0.4) is 0 Å². The fourth-order valence-corrected chi connectivity index (χ4v) is 3.30. The van der Waals surface area contributed by atoms with Crippen LogP contribution in [-0.2, 0) is 0 Å². The molecule has 3 N–H and O–H groups in total. The van der Waals surface area contributed by atoms with Gasteiger partial charge in [0.25, 0.3) is 11.6 Å². The molecule has 1 amide bonds. The highest BCUT2D eigenvalue weighted by atomic mass is 16.6. The minimum atomic E-state index is -0.479. The Hall–Kier alpha value is -4.34. The second-order valence-electron chi connectivity index (χ2n) is 7.16. The third-order valence-corrected chi connectivity index (χ3v) is 4.92. The SMILES string of the molecule is CCCCNC(=O)c1c(N)n(/N=C\c2cccc([N+](=O)[O-])c2)c2nc3ccccc3nc12. The Morgan fingerprint density at radius 1 is 1.22 bits per heavy atom. The van der Waals surface area contributed by atoms with E-state index in [1.165, 1.54) is 23.0 Å². The Bertz CT molecular complexity index is 1360. The fourth-order valence-electron chi connectivity index (χ4n) is 3.30.